The quantitative estimate of drug-likeness (QED) is 0.156. The number of hydrogen-bond acceptors (Lipinski definition) is 0. The SMILES string of the molecule is Cc1cc(-c2ccccc2)c2ccccc2c1.Cc1ccc(-c2ccc3ccccc3c2)cc1.Cc1ccc(-c2ccccc2)c2ccccc12.Cc1ccc2c(-c3ccccc3)cccc2c1.Cc1cccc(-c2ccc3ccccc3c2)c1.Cc1ccccc1-c1ccc2ccccc2c1. The second kappa shape index (κ2) is 32.9. The van der Waals surface area contributed by atoms with Crippen molar-refractivity contribution in [3.05, 3.63) is 434 Å². The molecule has 492 valence electrons. The predicted octanol–water partition coefficient (Wildman–Crippen LogP) is 28.9. The van der Waals surface area contributed by atoms with E-state index in [2.05, 4.69) is 442 Å². The Morgan fingerprint density at radius 1 is 0.127 bits per heavy atom. The normalized spacial score (nSPS) is 10.6. The first-order valence-electron chi connectivity index (χ1n) is 35.4. The Morgan fingerprint density at radius 3 is 1.06 bits per heavy atom. The Balaban J connectivity index is 0.000000109. The predicted molar refractivity (Wildman–Crippen MR) is 445 cm³/mol. The summed E-state index contributed by atoms with van der Waals surface area (Å²) < 4.78 is 0. The molecule has 102 heavy (non-hydrogen) atoms. The van der Waals surface area contributed by atoms with Crippen LogP contribution in [0.4, 0.5) is 0 Å². The second-order valence-corrected chi connectivity index (χ2v) is 26.4. The van der Waals surface area contributed by atoms with Gasteiger partial charge in [0.25, 0.3) is 0 Å². The molecule has 0 N–H and O–H groups in total. The summed E-state index contributed by atoms with van der Waals surface area (Å²) in [4.78, 5) is 0. The lowest BCUT2D eigenvalue weighted by atomic mass is 9.96. The van der Waals surface area contributed by atoms with Crippen LogP contribution in [0.1, 0.15) is 33.4 Å². The van der Waals surface area contributed by atoms with Crippen LogP contribution in [0.15, 0.2) is 400 Å². The molecule has 0 atom stereocenters. The lowest BCUT2D eigenvalue weighted by molar-refractivity contribution is 1.46. The van der Waals surface area contributed by atoms with Crippen LogP contribution < -0.4 is 0 Å². The van der Waals surface area contributed by atoms with E-state index in [1.807, 2.05) is 0 Å². The number of fused-ring (bicyclic) bond motifs is 6. The highest BCUT2D eigenvalue weighted by molar-refractivity contribution is 6.00. The molecule has 0 bridgehead atoms. The molecule has 0 aliphatic rings. The van der Waals surface area contributed by atoms with Gasteiger partial charge in [0.15, 0.2) is 0 Å². The summed E-state index contributed by atoms with van der Waals surface area (Å²) in [5.74, 6) is 0. The second-order valence-electron chi connectivity index (χ2n) is 26.4. The van der Waals surface area contributed by atoms with Gasteiger partial charge in [0.2, 0.25) is 0 Å². The highest BCUT2D eigenvalue weighted by atomic mass is 14.1. The summed E-state index contributed by atoms with van der Waals surface area (Å²) in [5.41, 5.74) is 23.4. The zero-order chi connectivity index (χ0) is 70.0. The van der Waals surface area contributed by atoms with Gasteiger partial charge in [-0.15, -0.1) is 0 Å². The Kier molecular flexibility index (Phi) is 22.0. The number of hydrogen-bond donors (Lipinski definition) is 0. The van der Waals surface area contributed by atoms with Crippen molar-refractivity contribution < 1.29 is 0 Å². The summed E-state index contributed by atoms with van der Waals surface area (Å²) in [5, 5.41) is 15.7. The summed E-state index contributed by atoms with van der Waals surface area (Å²) in [6, 6.07) is 142. The van der Waals surface area contributed by atoms with Gasteiger partial charge in [-0.25, -0.2) is 0 Å². The van der Waals surface area contributed by atoms with Crippen LogP contribution in [-0.4, -0.2) is 0 Å². The molecule has 0 heterocycles. The molecule has 18 aromatic rings. The monoisotopic (exact) mass is 1310 g/mol. The fourth-order valence-corrected chi connectivity index (χ4v) is 13.5. The van der Waals surface area contributed by atoms with Gasteiger partial charge in [-0.2, -0.15) is 0 Å². The van der Waals surface area contributed by atoms with Gasteiger partial charge in [0.1, 0.15) is 0 Å². The van der Waals surface area contributed by atoms with Gasteiger partial charge in [-0.05, 0) is 208 Å². The van der Waals surface area contributed by atoms with E-state index in [0.717, 1.165) is 0 Å². The fourth-order valence-electron chi connectivity index (χ4n) is 13.5. The van der Waals surface area contributed by atoms with Crippen LogP contribution in [0.5, 0.6) is 0 Å². The largest absolute Gasteiger partial charge is 0.0622 e. The van der Waals surface area contributed by atoms with Gasteiger partial charge >= 0.3 is 0 Å². The Morgan fingerprint density at radius 2 is 0.490 bits per heavy atom. The van der Waals surface area contributed by atoms with Crippen molar-refractivity contribution in [2.75, 3.05) is 0 Å². The minimum atomic E-state index is 1.28. The third-order valence-electron chi connectivity index (χ3n) is 18.9. The minimum absolute atomic E-state index is 1.28. The Hall–Kier alpha value is -12.5. The fraction of sp³-hybridized carbons (Fsp3) is 0.0588. The maximum absolute atomic E-state index is 2.26. The first-order valence-corrected chi connectivity index (χ1v) is 35.4. The molecule has 0 aromatic heterocycles. The lowest BCUT2D eigenvalue weighted by Crippen LogP contribution is -1.83. The molecule has 0 saturated carbocycles. The van der Waals surface area contributed by atoms with Gasteiger partial charge in [0, 0.05) is 0 Å². The highest BCUT2D eigenvalue weighted by Crippen LogP contribution is 2.34. The third kappa shape index (κ3) is 17.0. The van der Waals surface area contributed by atoms with Gasteiger partial charge in [0.05, 0.1) is 0 Å². The molecular weight excluding hydrogens is 1230 g/mol. The third-order valence-corrected chi connectivity index (χ3v) is 18.9. The average molecular weight is 1310 g/mol. The molecule has 0 spiro atoms. The topological polar surface area (TPSA) is 0 Å². The first kappa shape index (κ1) is 68.1. The molecule has 0 amide bonds. The van der Waals surface area contributed by atoms with E-state index in [4.69, 9.17) is 0 Å². The minimum Gasteiger partial charge on any atom is -0.0622 e. The summed E-state index contributed by atoms with van der Waals surface area (Å²) >= 11 is 0. The van der Waals surface area contributed by atoms with E-state index in [9.17, 15) is 0 Å². The molecule has 0 radical (unpaired) electrons. The smallest absolute Gasteiger partial charge is 0.0103 e. The maximum atomic E-state index is 2.26. The molecule has 0 saturated heterocycles. The van der Waals surface area contributed by atoms with Gasteiger partial charge in [-0.1, -0.05) is 399 Å². The van der Waals surface area contributed by atoms with Gasteiger partial charge < -0.3 is 0 Å². The van der Waals surface area contributed by atoms with Crippen LogP contribution in [0.25, 0.3) is 131 Å². The van der Waals surface area contributed by atoms with Crippen molar-refractivity contribution in [2.45, 2.75) is 41.5 Å². The van der Waals surface area contributed by atoms with E-state index in [1.165, 1.54) is 165 Å². The molecule has 0 unspecified atom stereocenters. The van der Waals surface area contributed by atoms with E-state index in [1.54, 1.807) is 0 Å². The van der Waals surface area contributed by atoms with Crippen molar-refractivity contribution in [1.29, 1.82) is 0 Å². The van der Waals surface area contributed by atoms with Crippen LogP contribution in [0.3, 0.4) is 0 Å². The van der Waals surface area contributed by atoms with Crippen molar-refractivity contribution in [3.8, 4) is 66.8 Å². The molecule has 0 heteroatoms. The van der Waals surface area contributed by atoms with Crippen LogP contribution in [-0.2, 0) is 0 Å². The first-order chi connectivity index (χ1) is 50.0. The number of benzene rings is 18. The maximum Gasteiger partial charge on any atom is -0.0103 e. The van der Waals surface area contributed by atoms with E-state index < -0.39 is 0 Å². The average Bonchev–Trinajstić information content (AvgIpc) is 0.810. The molecular formula is C102H84. The number of aryl methyl sites for hydroxylation is 6. The molecule has 0 fully saturated rings. The summed E-state index contributed by atoms with van der Waals surface area (Å²) in [6.45, 7) is 12.9. The molecule has 0 aliphatic heterocycles. The summed E-state index contributed by atoms with van der Waals surface area (Å²) in [6.07, 6.45) is 0. The lowest BCUT2D eigenvalue weighted by Gasteiger charge is -2.09. The zero-order valence-electron chi connectivity index (χ0n) is 59.1. The van der Waals surface area contributed by atoms with Crippen LogP contribution in [0.2, 0.25) is 0 Å². The Labute approximate surface area is 602 Å². The highest BCUT2D eigenvalue weighted by Gasteiger charge is 2.09. The molecule has 18 rings (SSSR count). The standard InChI is InChI=1S/6C17H14/c1-13-6-2-5-9-17(13)16-11-10-14-7-3-4-8-15(14)12-16;1-13-5-4-8-15(11-13)17-10-9-14-6-2-3-7-16(14)12-17;1-13-11-15-9-5-6-10-16(15)17(12-13)14-7-3-2-4-8-14;1-13-11-12-16(14-7-3-2-4-8-14)17-10-6-5-9-15(13)17;1-13-10-11-17-15(12-13)8-5-9-16(17)14-6-3-2-4-7-14;1-13-6-8-15(9-7-13)17-11-10-14-4-2-3-5-16(14)12-17/h6*2-12H,1H3. The van der Waals surface area contributed by atoms with Crippen LogP contribution >= 0.6 is 0 Å². The Bertz CT molecular complexity index is 5790. The van der Waals surface area contributed by atoms with Crippen molar-refractivity contribution in [3.63, 3.8) is 0 Å². The molecule has 18 aromatic carbocycles. The molecule has 0 aliphatic carbocycles. The van der Waals surface area contributed by atoms with E-state index >= 15 is 0 Å². The van der Waals surface area contributed by atoms with E-state index in [-0.39, 0.29) is 0 Å². The van der Waals surface area contributed by atoms with Crippen LogP contribution in [0, 0.1) is 41.5 Å². The zero-order valence-corrected chi connectivity index (χ0v) is 59.1. The van der Waals surface area contributed by atoms with Crippen molar-refractivity contribution >= 4 is 64.6 Å². The summed E-state index contributed by atoms with van der Waals surface area (Å²) in [7, 11) is 0. The van der Waals surface area contributed by atoms with Gasteiger partial charge in [-0.3, -0.25) is 0 Å². The number of rotatable bonds is 6. The van der Waals surface area contributed by atoms with Crippen molar-refractivity contribution in [1.82, 2.24) is 0 Å². The van der Waals surface area contributed by atoms with E-state index in [0.29, 0.717) is 0 Å². The van der Waals surface area contributed by atoms with Crippen molar-refractivity contribution in [2.24, 2.45) is 0 Å². The molecule has 0 nitrogen and oxygen atoms in total.